The molecule has 0 amide bonds. The van der Waals surface area contributed by atoms with Gasteiger partial charge in [-0.1, -0.05) is 24.3 Å². The van der Waals surface area contributed by atoms with Crippen LogP contribution < -0.4 is 15.2 Å². The maximum absolute atomic E-state index is 12.9. The number of H-pyrrole nitrogens is 1. The number of aryl methyl sites for hydroxylation is 1. The second-order valence-corrected chi connectivity index (χ2v) is 8.70. The molecule has 0 fully saturated rings. The van der Waals surface area contributed by atoms with Gasteiger partial charge in [-0.15, -0.1) is 0 Å². The van der Waals surface area contributed by atoms with Crippen molar-refractivity contribution in [2.24, 2.45) is 0 Å². The minimum absolute atomic E-state index is 0.223. The molecule has 1 aromatic heterocycles. The standard InChI is InChI=1S/C23H23N3O5S/c1-3-25-20-9-5-6-10-21(20)31-22(25)11-7-4-8-19-16(2)24-26(23(19)27)17-12-14-18(15-13-17)32(28,29)30/h4-7,9-15,24H,3,8H2,1-2H3,(H,28,29,30). The normalized spacial score (nSPS) is 14.8. The molecule has 0 aliphatic carbocycles. The highest BCUT2D eigenvalue weighted by molar-refractivity contribution is 7.85. The third-order valence-corrected chi connectivity index (χ3v) is 6.10. The van der Waals surface area contributed by atoms with Crippen LogP contribution in [-0.4, -0.2) is 29.3 Å². The first-order valence-corrected chi connectivity index (χ1v) is 11.5. The van der Waals surface area contributed by atoms with Gasteiger partial charge < -0.3 is 9.64 Å². The van der Waals surface area contributed by atoms with E-state index in [0.717, 1.165) is 23.9 Å². The molecule has 8 nitrogen and oxygen atoms in total. The predicted molar refractivity (Wildman–Crippen MR) is 122 cm³/mol. The molecule has 0 saturated heterocycles. The number of hydrogen-bond donors (Lipinski definition) is 2. The van der Waals surface area contributed by atoms with Crippen LogP contribution in [0, 0.1) is 6.92 Å². The second kappa shape index (κ2) is 8.52. The van der Waals surface area contributed by atoms with E-state index in [2.05, 4.69) is 16.9 Å². The molecule has 4 rings (SSSR count). The fourth-order valence-electron chi connectivity index (χ4n) is 3.61. The molecular formula is C23H23N3O5S. The summed E-state index contributed by atoms with van der Waals surface area (Å²) >= 11 is 0. The Labute approximate surface area is 185 Å². The van der Waals surface area contributed by atoms with E-state index in [9.17, 15) is 13.2 Å². The van der Waals surface area contributed by atoms with Crippen LogP contribution in [0.3, 0.4) is 0 Å². The van der Waals surface area contributed by atoms with E-state index in [4.69, 9.17) is 9.29 Å². The SMILES string of the molecule is CCN1C(=CC=CCc2c(C)[nH]n(-c3ccc(S(=O)(=O)O)cc3)c2=O)Oc2ccccc21. The molecule has 1 aliphatic rings. The van der Waals surface area contributed by atoms with Crippen LogP contribution in [0.2, 0.25) is 0 Å². The molecule has 3 aromatic rings. The Morgan fingerprint density at radius 1 is 1.12 bits per heavy atom. The number of allylic oxidation sites excluding steroid dienone is 3. The van der Waals surface area contributed by atoms with Crippen molar-refractivity contribution in [3.8, 4) is 11.4 Å². The summed E-state index contributed by atoms with van der Waals surface area (Å²) in [5.74, 6) is 1.55. The Hall–Kier alpha value is -3.56. The van der Waals surface area contributed by atoms with Crippen LogP contribution in [0.1, 0.15) is 18.2 Å². The predicted octanol–water partition coefficient (Wildman–Crippen LogP) is 3.58. The first-order valence-electron chi connectivity index (χ1n) is 10.1. The molecule has 0 radical (unpaired) electrons. The zero-order valence-corrected chi connectivity index (χ0v) is 18.5. The van der Waals surface area contributed by atoms with Crippen molar-refractivity contribution in [2.45, 2.75) is 25.2 Å². The Kier molecular flexibility index (Phi) is 5.77. The Morgan fingerprint density at radius 3 is 2.53 bits per heavy atom. The van der Waals surface area contributed by atoms with Crippen molar-refractivity contribution in [1.29, 1.82) is 0 Å². The summed E-state index contributed by atoms with van der Waals surface area (Å²) < 4.78 is 38.8. The summed E-state index contributed by atoms with van der Waals surface area (Å²) in [6.07, 6.45) is 6.04. The van der Waals surface area contributed by atoms with Crippen LogP contribution >= 0.6 is 0 Å². The molecule has 0 atom stereocenters. The van der Waals surface area contributed by atoms with E-state index in [1.54, 1.807) is 0 Å². The summed E-state index contributed by atoms with van der Waals surface area (Å²) in [6.45, 7) is 4.63. The van der Waals surface area contributed by atoms with Gasteiger partial charge in [0.25, 0.3) is 15.7 Å². The number of ether oxygens (including phenoxy) is 1. The molecule has 166 valence electrons. The molecule has 2 N–H and O–H groups in total. The molecule has 0 saturated carbocycles. The van der Waals surface area contributed by atoms with Crippen molar-refractivity contribution < 1.29 is 17.7 Å². The van der Waals surface area contributed by atoms with E-state index < -0.39 is 10.1 Å². The number of para-hydroxylation sites is 2. The summed E-state index contributed by atoms with van der Waals surface area (Å²) in [5, 5.41) is 3.01. The van der Waals surface area contributed by atoms with E-state index in [1.165, 1.54) is 28.9 Å². The quantitative estimate of drug-likeness (QED) is 0.553. The van der Waals surface area contributed by atoms with Gasteiger partial charge in [-0.25, -0.2) is 4.68 Å². The average Bonchev–Trinajstić information content (AvgIpc) is 3.27. The summed E-state index contributed by atoms with van der Waals surface area (Å²) in [7, 11) is -4.29. The van der Waals surface area contributed by atoms with Crippen molar-refractivity contribution >= 4 is 15.8 Å². The lowest BCUT2D eigenvalue weighted by Gasteiger charge is -2.14. The fraction of sp³-hybridized carbons (Fsp3) is 0.174. The monoisotopic (exact) mass is 453 g/mol. The van der Waals surface area contributed by atoms with Gasteiger partial charge in [0, 0.05) is 17.8 Å². The van der Waals surface area contributed by atoms with Gasteiger partial charge in [0.1, 0.15) is 0 Å². The lowest BCUT2D eigenvalue weighted by atomic mass is 10.2. The Bertz CT molecular complexity index is 1370. The first-order chi connectivity index (χ1) is 15.3. The number of benzene rings is 2. The zero-order valence-electron chi connectivity index (χ0n) is 17.6. The van der Waals surface area contributed by atoms with Gasteiger partial charge in [0.2, 0.25) is 5.88 Å². The van der Waals surface area contributed by atoms with Crippen molar-refractivity contribution in [2.75, 3.05) is 11.4 Å². The number of anilines is 1. The lowest BCUT2D eigenvalue weighted by Crippen LogP contribution is -2.19. The minimum atomic E-state index is -4.29. The van der Waals surface area contributed by atoms with Gasteiger partial charge >= 0.3 is 0 Å². The van der Waals surface area contributed by atoms with Gasteiger partial charge in [0.05, 0.1) is 16.3 Å². The zero-order chi connectivity index (χ0) is 22.9. The van der Waals surface area contributed by atoms with Gasteiger partial charge in [-0.05, 0) is 62.7 Å². The largest absolute Gasteiger partial charge is 0.439 e. The van der Waals surface area contributed by atoms with Crippen molar-refractivity contribution in [1.82, 2.24) is 9.78 Å². The minimum Gasteiger partial charge on any atom is -0.439 e. The molecule has 9 heteroatoms. The van der Waals surface area contributed by atoms with Crippen LogP contribution in [0.25, 0.3) is 5.69 Å². The third-order valence-electron chi connectivity index (χ3n) is 5.24. The van der Waals surface area contributed by atoms with Gasteiger partial charge in [0.15, 0.2) is 5.75 Å². The maximum Gasteiger partial charge on any atom is 0.294 e. The highest BCUT2D eigenvalue weighted by Crippen LogP contribution is 2.38. The molecule has 0 bridgehead atoms. The highest BCUT2D eigenvalue weighted by atomic mass is 32.2. The van der Waals surface area contributed by atoms with Crippen LogP contribution in [0.4, 0.5) is 5.69 Å². The number of fused-ring (bicyclic) bond motifs is 1. The number of hydrogen-bond acceptors (Lipinski definition) is 5. The summed E-state index contributed by atoms with van der Waals surface area (Å²) in [5.41, 5.74) is 2.59. The lowest BCUT2D eigenvalue weighted by molar-refractivity contribution is 0.440. The highest BCUT2D eigenvalue weighted by Gasteiger charge is 2.23. The number of nitrogens with one attached hydrogen (secondary N) is 1. The third kappa shape index (κ3) is 4.12. The number of nitrogens with zero attached hydrogens (tertiary/aromatic N) is 2. The molecule has 2 aromatic carbocycles. The second-order valence-electron chi connectivity index (χ2n) is 7.28. The van der Waals surface area contributed by atoms with E-state index in [0.29, 0.717) is 23.4 Å². The molecule has 0 unspecified atom stereocenters. The molecule has 32 heavy (non-hydrogen) atoms. The van der Waals surface area contributed by atoms with Crippen molar-refractivity contribution in [3.63, 3.8) is 0 Å². The number of aromatic nitrogens is 2. The number of aromatic amines is 1. The summed E-state index contributed by atoms with van der Waals surface area (Å²) in [6, 6.07) is 13.3. The molecule has 1 aliphatic heterocycles. The van der Waals surface area contributed by atoms with Crippen LogP contribution in [0.15, 0.2) is 82.3 Å². The first kappa shape index (κ1) is 21.7. The number of rotatable bonds is 6. The van der Waals surface area contributed by atoms with Gasteiger partial charge in [-0.2, -0.15) is 8.42 Å². The topological polar surface area (TPSA) is 105 Å². The van der Waals surface area contributed by atoms with E-state index in [-0.39, 0.29) is 10.5 Å². The molecule has 0 spiro atoms. The van der Waals surface area contributed by atoms with E-state index in [1.807, 2.05) is 49.4 Å². The molecule has 2 heterocycles. The Morgan fingerprint density at radius 2 is 1.84 bits per heavy atom. The fourth-order valence-corrected chi connectivity index (χ4v) is 4.09. The van der Waals surface area contributed by atoms with E-state index >= 15 is 0 Å². The smallest absolute Gasteiger partial charge is 0.294 e. The average molecular weight is 454 g/mol. The summed E-state index contributed by atoms with van der Waals surface area (Å²) in [4.78, 5) is 14.7. The maximum atomic E-state index is 12.9. The molecular weight excluding hydrogens is 430 g/mol. The van der Waals surface area contributed by atoms with Crippen LogP contribution in [0.5, 0.6) is 5.75 Å². The van der Waals surface area contributed by atoms with Crippen LogP contribution in [-0.2, 0) is 16.5 Å². The Balaban J connectivity index is 1.52. The van der Waals surface area contributed by atoms with Crippen molar-refractivity contribution in [3.05, 3.63) is 94.3 Å². The van der Waals surface area contributed by atoms with Gasteiger partial charge in [-0.3, -0.25) is 14.4 Å².